The van der Waals surface area contributed by atoms with Gasteiger partial charge < -0.3 is 28.2 Å². The highest BCUT2D eigenvalue weighted by molar-refractivity contribution is 8.03. The quantitative estimate of drug-likeness (QED) is 0.0201. The molecule has 1 aliphatic carbocycles. The summed E-state index contributed by atoms with van der Waals surface area (Å²) in [5.41, 5.74) is 8.62. The van der Waals surface area contributed by atoms with E-state index in [9.17, 15) is 9.59 Å². The molecule has 0 unspecified atom stereocenters. The third-order valence-corrected chi connectivity index (χ3v) is 14.9. The molecule has 68 heavy (non-hydrogen) atoms. The first-order valence-electron chi connectivity index (χ1n) is 23.9. The number of hydrogen-bond donors (Lipinski definition) is 0. The Balaban J connectivity index is 1.17. The van der Waals surface area contributed by atoms with E-state index < -0.39 is 0 Å². The highest BCUT2D eigenvalue weighted by Crippen LogP contribution is 2.47. The lowest BCUT2D eigenvalue weighted by atomic mass is 10.1. The molecule has 1 aliphatic heterocycles. The smallest absolute Gasteiger partial charge is 0.330 e. The maximum Gasteiger partial charge on any atom is 0.330 e. The predicted octanol–water partition coefficient (Wildman–Crippen LogP) is 11.6. The fraction of sp³-hybridized carbons (Fsp3) is 0.316. The summed E-state index contributed by atoms with van der Waals surface area (Å²) in [5.74, 6) is -0.736. The number of fused-ring (bicyclic) bond motifs is 2. The second-order valence-electron chi connectivity index (χ2n) is 18.6. The second-order valence-corrected chi connectivity index (χ2v) is 20.7. The lowest BCUT2D eigenvalue weighted by molar-refractivity contribution is -0.890. The molecule has 0 radical (unpaired) electrons. The van der Waals surface area contributed by atoms with Crippen molar-refractivity contribution in [3.8, 4) is 0 Å². The summed E-state index contributed by atoms with van der Waals surface area (Å²) >= 11 is 3.70. The normalized spacial score (nSPS) is 15.1. The van der Waals surface area contributed by atoms with Gasteiger partial charge in [0.15, 0.2) is 6.54 Å². The van der Waals surface area contributed by atoms with Gasteiger partial charge in [0.2, 0.25) is 5.52 Å². The molecule has 0 N–H and O–H groups in total. The van der Waals surface area contributed by atoms with Crippen LogP contribution in [0.25, 0.3) is 16.3 Å². The number of carbonyl (C=O) groups is 2. The molecule has 354 valence electrons. The van der Waals surface area contributed by atoms with Crippen LogP contribution < -0.4 is 14.4 Å². The Bertz CT molecular complexity index is 2630. The number of hydrogen-bond acceptors (Lipinski definition) is 8. The number of unbranched alkanes of at least 4 members (excludes halogenated alkanes) is 2. The van der Waals surface area contributed by atoms with E-state index in [1.54, 1.807) is 0 Å². The first-order valence-corrected chi connectivity index (χ1v) is 25.5. The molecule has 11 heteroatoms. The Hall–Kier alpha value is -5.98. The van der Waals surface area contributed by atoms with Gasteiger partial charge in [-0.1, -0.05) is 103 Å². The largest absolute Gasteiger partial charge is 0.457 e. The number of allylic oxidation sites excluding steroid dienone is 5. The summed E-state index contributed by atoms with van der Waals surface area (Å²) in [4.78, 5) is 29.4. The molecule has 1 aromatic heterocycles. The number of rotatable bonds is 24. The number of thiazole rings is 1. The molecule has 4 aromatic carbocycles. The van der Waals surface area contributed by atoms with Gasteiger partial charge in [0.1, 0.15) is 31.0 Å². The first-order chi connectivity index (χ1) is 32.9. The fourth-order valence-corrected chi connectivity index (χ4v) is 11.0. The molecule has 0 atom stereocenters. The number of esters is 2. The number of para-hydroxylation sites is 4. The number of nitrogens with zero attached hydrogens (tertiary/aromatic N) is 5. The van der Waals surface area contributed by atoms with Crippen molar-refractivity contribution < 1.29 is 32.6 Å². The number of thioether (sulfide) groups is 1. The van der Waals surface area contributed by atoms with E-state index in [0.717, 1.165) is 98.1 Å². The van der Waals surface area contributed by atoms with Gasteiger partial charge in [-0.25, -0.2) is 9.59 Å². The minimum Gasteiger partial charge on any atom is -0.457 e. The van der Waals surface area contributed by atoms with Crippen LogP contribution in [0.3, 0.4) is 0 Å². The average molecular weight is 951 g/mol. The van der Waals surface area contributed by atoms with Crippen molar-refractivity contribution in [3.63, 3.8) is 0 Å². The van der Waals surface area contributed by atoms with Crippen LogP contribution in [0.2, 0.25) is 0 Å². The molecule has 0 saturated carbocycles. The molecule has 2 heterocycles. The monoisotopic (exact) mass is 950 g/mol. The Kier molecular flexibility index (Phi) is 17.5. The third kappa shape index (κ3) is 13.4. The van der Waals surface area contributed by atoms with Crippen molar-refractivity contribution in [2.75, 3.05) is 83.9 Å². The topological polar surface area (TPSA) is 63.0 Å². The number of ether oxygens (including phenoxy) is 2. The molecule has 2 aliphatic rings. The summed E-state index contributed by atoms with van der Waals surface area (Å²) in [5, 5.41) is 2.48. The van der Waals surface area contributed by atoms with Crippen LogP contribution in [0.1, 0.15) is 43.5 Å². The molecule has 9 nitrogen and oxygen atoms in total. The van der Waals surface area contributed by atoms with Gasteiger partial charge in [-0.15, -0.1) is 0 Å². The summed E-state index contributed by atoms with van der Waals surface area (Å²) in [7, 11) is 8.80. The Morgan fingerprint density at radius 2 is 1.28 bits per heavy atom. The number of anilines is 3. The molecule has 0 fully saturated rings. The molecular weight excluding hydrogens is 883 g/mol. The van der Waals surface area contributed by atoms with Crippen LogP contribution in [-0.4, -0.2) is 95.0 Å². The number of aryl methyl sites for hydroxylation is 1. The summed E-state index contributed by atoms with van der Waals surface area (Å²) < 4.78 is 15.9. The standard InChI is InChI=1S/C57H68N5O4S2/c1-7-55(63)65-43-41-61(3,4)39-21-19-37-58-49-27-15-17-29-51(49)67-53(58)35-33-45-31-32-46(57(45)60(47-23-11-9-12-24-47)48-25-13-10-14-26-48)34-36-54-59(50-28-16-18-30-52(50)68-54)38-20-22-40-62(5,6)42-44-66-56(64)8-2/h7-18,23-30,33-36H,1-2,19-22,31-32,37-44H2,3-6H3/q+3. The van der Waals surface area contributed by atoms with Crippen molar-refractivity contribution in [1.82, 2.24) is 0 Å². The zero-order chi connectivity index (χ0) is 47.9. The number of carbonyl (C=O) groups excluding carboxylic acids is 2. The average Bonchev–Trinajstić information content (AvgIpc) is 4.03. The van der Waals surface area contributed by atoms with Crippen LogP contribution in [-0.2, 0) is 25.6 Å². The van der Waals surface area contributed by atoms with E-state index >= 15 is 0 Å². The van der Waals surface area contributed by atoms with Crippen LogP contribution in [0, 0.1) is 0 Å². The van der Waals surface area contributed by atoms with Crippen molar-refractivity contribution in [1.29, 1.82) is 0 Å². The minimum atomic E-state index is -0.368. The summed E-state index contributed by atoms with van der Waals surface area (Å²) in [6.07, 6.45) is 17.9. The molecule has 0 saturated heterocycles. The van der Waals surface area contributed by atoms with E-state index in [1.807, 2.05) is 23.1 Å². The lowest BCUT2D eigenvalue weighted by Crippen LogP contribution is -2.43. The Labute approximate surface area is 412 Å². The molecule has 5 aromatic rings. The van der Waals surface area contributed by atoms with E-state index in [1.165, 1.54) is 59.8 Å². The van der Waals surface area contributed by atoms with Gasteiger partial charge in [0.05, 0.1) is 57.7 Å². The fourth-order valence-electron chi connectivity index (χ4n) is 8.79. The number of quaternary nitrogens is 2. The number of likely N-dealkylation sites (N-methyl/N-ethyl adjacent to an activating group) is 2. The maximum atomic E-state index is 11.6. The zero-order valence-electron chi connectivity index (χ0n) is 40.4. The van der Waals surface area contributed by atoms with E-state index in [0.29, 0.717) is 13.2 Å². The predicted molar refractivity (Wildman–Crippen MR) is 283 cm³/mol. The van der Waals surface area contributed by atoms with Crippen LogP contribution in [0.5, 0.6) is 0 Å². The van der Waals surface area contributed by atoms with Crippen LogP contribution >= 0.6 is 23.1 Å². The maximum absolute atomic E-state index is 11.6. The first kappa shape index (κ1) is 49.9. The molecule has 0 spiro atoms. The van der Waals surface area contributed by atoms with Crippen molar-refractivity contribution in [2.24, 2.45) is 0 Å². The van der Waals surface area contributed by atoms with Crippen LogP contribution in [0.15, 0.2) is 180 Å². The van der Waals surface area contributed by atoms with Gasteiger partial charge in [0.25, 0.3) is 5.01 Å². The highest BCUT2D eigenvalue weighted by atomic mass is 32.2. The van der Waals surface area contributed by atoms with Crippen molar-refractivity contribution >= 4 is 68.4 Å². The van der Waals surface area contributed by atoms with Crippen molar-refractivity contribution in [3.05, 3.63) is 180 Å². The number of aromatic nitrogens is 1. The molecular formula is C57H68N5O4S2+3. The molecule has 7 rings (SSSR count). The summed E-state index contributed by atoms with van der Waals surface area (Å²) in [6.45, 7) is 13.1. The SMILES string of the molecule is C=CC(=O)OCC[N+](C)(C)CCCCN1C(=CC=C2CCC(C=Cc3sc4ccccc4[n+]3CCCC[N+](C)(C)CCOC(=O)C=C)=C2N(c2ccccc2)c2ccccc2)Sc2ccccc21. The third-order valence-electron chi connectivity index (χ3n) is 12.7. The van der Waals surface area contributed by atoms with E-state index in [-0.39, 0.29) is 11.9 Å². The molecule has 0 amide bonds. The molecule has 0 bridgehead atoms. The number of benzene rings is 4. The van der Waals surface area contributed by atoms with Gasteiger partial charge >= 0.3 is 11.9 Å². The van der Waals surface area contributed by atoms with Gasteiger partial charge in [-0.2, -0.15) is 4.57 Å². The van der Waals surface area contributed by atoms with Crippen LogP contribution in [0.4, 0.5) is 17.1 Å². The highest BCUT2D eigenvalue weighted by Gasteiger charge is 2.29. The zero-order valence-corrected chi connectivity index (χ0v) is 42.0. The Morgan fingerprint density at radius 1 is 0.691 bits per heavy atom. The summed E-state index contributed by atoms with van der Waals surface area (Å²) in [6, 6.07) is 39.0. The Morgan fingerprint density at radius 3 is 1.93 bits per heavy atom. The van der Waals surface area contributed by atoms with Gasteiger partial charge in [-0.05, 0) is 91.4 Å². The minimum absolute atomic E-state index is 0.368. The van der Waals surface area contributed by atoms with E-state index in [2.05, 4.69) is 189 Å². The van der Waals surface area contributed by atoms with E-state index in [4.69, 9.17) is 9.47 Å². The lowest BCUT2D eigenvalue weighted by Gasteiger charge is -2.30. The van der Waals surface area contributed by atoms with Gasteiger partial charge in [0, 0.05) is 60.0 Å². The second kappa shape index (κ2) is 23.8. The van der Waals surface area contributed by atoms with Crippen molar-refractivity contribution in [2.45, 2.75) is 50.0 Å². The van der Waals surface area contributed by atoms with Gasteiger partial charge in [-0.3, -0.25) is 0 Å².